The number of halogens is 1. The SMILES string of the molecule is N=C(N)c1ccc2nc3n(c(=O)c2c1)-c1ccc(F)cc1C3=O. The minimum absolute atomic E-state index is 0.0429. The second kappa shape index (κ2) is 4.33. The van der Waals surface area contributed by atoms with E-state index in [1.54, 1.807) is 6.07 Å². The molecule has 7 heteroatoms. The predicted molar refractivity (Wildman–Crippen MR) is 81.7 cm³/mol. The number of rotatable bonds is 1. The number of hydrogen-bond acceptors (Lipinski definition) is 4. The fourth-order valence-corrected chi connectivity index (χ4v) is 2.73. The van der Waals surface area contributed by atoms with Gasteiger partial charge in [0, 0.05) is 5.56 Å². The molecule has 4 rings (SSSR count). The maximum atomic E-state index is 13.4. The zero-order chi connectivity index (χ0) is 16.3. The molecule has 2 heterocycles. The third kappa shape index (κ3) is 1.73. The minimum Gasteiger partial charge on any atom is -0.384 e. The summed E-state index contributed by atoms with van der Waals surface area (Å²) in [5, 5.41) is 7.70. The summed E-state index contributed by atoms with van der Waals surface area (Å²) in [6.07, 6.45) is 0. The summed E-state index contributed by atoms with van der Waals surface area (Å²) in [5.74, 6) is -1.26. The molecule has 0 atom stereocenters. The van der Waals surface area contributed by atoms with Gasteiger partial charge >= 0.3 is 0 Å². The van der Waals surface area contributed by atoms with E-state index in [4.69, 9.17) is 11.1 Å². The number of nitrogens with zero attached hydrogens (tertiary/aromatic N) is 2. The van der Waals surface area contributed by atoms with Crippen LogP contribution in [0.1, 0.15) is 21.7 Å². The highest BCUT2D eigenvalue weighted by molar-refractivity contribution is 6.13. The molecule has 1 aromatic heterocycles. The lowest BCUT2D eigenvalue weighted by molar-refractivity contribution is 0.103. The molecule has 0 unspecified atom stereocenters. The van der Waals surface area contributed by atoms with Gasteiger partial charge in [-0.2, -0.15) is 0 Å². The Bertz CT molecular complexity index is 1100. The molecule has 3 aromatic rings. The molecule has 0 radical (unpaired) electrons. The van der Waals surface area contributed by atoms with Gasteiger partial charge in [-0.1, -0.05) is 0 Å². The summed E-state index contributed by atoms with van der Waals surface area (Å²) in [7, 11) is 0. The standard InChI is InChI=1S/C16H9FN4O2/c17-8-2-4-12-10(6-8)13(22)15-20-11-3-1-7(14(18)19)5-9(11)16(23)21(12)15/h1-6H,(H3,18,19). The summed E-state index contributed by atoms with van der Waals surface area (Å²) in [6.45, 7) is 0. The quantitative estimate of drug-likeness (QED) is 0.409. The molecule has 0 saturated carbocycles. The average molecular weight is 308 g/mol. The fraction of sp³-hybridized carbons (Fsp3) is 0. The molecule has 23 heavy (non-hydrogen) atoms. The van der Waals surface area contributed by atoms with Gasteiger partial charge in [0.2, 0.25) is 5.78 Å². The van der Waals surface area contributed by atoms with Gasteiger partial charge in [-0.05, 0) is 36.4 Å². The van der Waals surface area contributed by atoms with E-state index in [1.807, 2.05) is 0 Å². The van der Waals surface area contributed by atoms with Crippen molar-refractivity contribution in [3.05, 3.63) is 69.5 Å². The molecule has 1 aliphatic heterocycles. The number of benzene rings is 2. The van der Waals surface area contributed by atoms with Gasteiger partial charge in [-0.3, -0.25) is 19.6 Å². The lowest BCUT2D eigenvalue weighted by Gasteiger charge is -2.06. The van der Waals surface area contributed by atoms with Crippen LogP contribution in [0.3, 0.4) is 0 Å². The average Bonchev–Trinajstić information content (AvgIpc) is 2.80. The van der Waals surface area contributed by atoms with Crippen molar-refractivity contribution in [2.45, 2.75) is 0 Å². The van der Waals surface area contributed by atoms with Gasteiger partial charge in [-0.15, -0.1) is 0 Å². The molecule has 0 aliphatic carbocycles. The first kappa shape index (κ1) is 13.3. The molecule has 0 amide bonds. The molecular formula is C16H9FN4O2. The molecule has 0 saturated heterocycles. The first-order valence-electron chi connectivity index (χ1n) is 6.73. The molecule has 0 spiro atoms. The number of ketones is 1. The summed E-state index contributed by atoms with van der Waals surface area (Å²) < 4.78 is 14.6. The van der Waals surface area contributed by atoms with Crippen LogP contribution in [0.2, 0.25) is 0 Å². The number of carbonyl (C=O) groups excluding carboxylic acids is 1. The number of hydrogen-bond donors (Lipinski definition) is 2. The Morgan fingerprint density at radius 1 is 1.17 bits per heavy atom. The van der Waals surface area contributed by atoms with Crippen LogP contribution < -0.4 is 11.3 Å². The lowest BCUT2D eigenvalue weighted by Crippen LogP contribution is -2.22. The number of fused-ring (bicyclic) bond motifs is 4. The Morgan fingerprint density at radius 3 is 2.70 bits per heavy atom. The summed E-state index contributed by atoms with van der Waals surface area (Å²) in [6, 6.07) is 8.21. The van der Waals surface area contributed by atoms with E-state index in [0.717, 1.165) is 6.07 Å². The summed E-state index contributed by atoms with van der Waals surface area (Å²) >= 11 is 0. The smallest absolute Gasteiger partial charge is 0.266 e. The van der Waals surface area contributed by atoms with Gasteiger partial charge in [0.05, 0.1) is 22.2 Å². The molecular weight excluding hydrogens is 299 g/mol. The fourth-order valence-electron chi connectivity index (χ4n) is 2.73. The van der Waals surface area contributed by atoms with E-state index in [0.29, 0.717) is 16.8 Å². The first-order chi connectivity index (χ1) is 11.0. The molecule has 2 aromatic carbocycles. The van der Waals surface area contributed by atoms with Crippen LogP contribution in [0.25, 0.3) is 16.6 Å². The van der Waals surface area contributed by atoms with Crippen molar-refractivity contribution in [3.8, 4) is 5.69 Å². The van der Waals surface area contributed by atoms with E-state index >= 15 is 0 Å². The zero-order valence-corrected chi connectivity index (χ0v) is 11.6. The number of nitrogens with two attached hydrogens (primary N) is 1. The second-order valence-corrected chi connectivity index (χ2v) is 5.21. The van der Waals surface area contributed by atoms with Gasteiger partial charge in [0.15, 0.2) is 5.82 Å². The summed E-state index contributed by atoms with van der Waals surface area (Å²) in [5.41, 5.74) is 6.12. The van der Waals surface area contributed by atoms with E-state index in [2.05, 4.69) is 4.98 Å². The Labute approximate surface area is 128 Å². The Balaban J connectivity index is 2.12. The first-order valence-corrected chi connectivity index (χ1v) is 6.73. The number of nitrogen functional groups attached to an aromatic ring is 1. The third-order valence-corrected chi connectivity index (χ3v) is 3.83. The number of carbonyl (C=O) groups is 1. The molecule has 0 fully saturated rings. The molecule has 112 valence electrons. The maximum Gasteiger partial charge on any atom is 0.266 e. The van der Waals surface area contributed by atoms with Crippen molar-refractivity contribution < 1.29 is 9.18 Å². The number of amidine groups is 1. The van der Waals surface area contributed by atoms with Crippen LogP contribution >= 0.6 is 0 Å². The highest BCUT2D eigenvalue weighted by Crippen LogP contribution is 2.27. The van der Waals surface area contributed by atoms with Crippen LogP contribution in [0.4, 0.5) is 4.39 Å². The zero-order valence-electron chi connectivity index (χ0n) is 11.6. The normalized spacial score (nSPS) is 12.3. The number of nitrogens with one attached hydrogen (secondary N) is 1. The van der Waals surface area contributed by atoms with E-state index < -0.39 is 17.2 Å². The van der Waals surface area contributed by atoms with Gasteiger partial charge in [-0.25, -0.2) is 9.37 Å². The van der Waals surface area contributed by atoms with Gasteiger partial charge < -0.3 is 5.73 Å². The predicted octanol–water partition coefficient (Wildman–Crippen LogP) is 1.35. The van der Waals surface area contributed by atoms with Crippen molar-refractivity contribution in [1.29, 1.82) is 5.41 Å². The van der Waals surface area contributed by atoms with Crippen LogP contribution in [0.5, 0.6) is 0 Å². The van der Waals surface area contributed by atoms with Crippen molar-refractivity contribution in [1.82, 2.24) is 9.55 Å². The van der Waals surface area contributed by atoms with Crippen molar-refractivity contribution in [2.75, 3.05) is 0 Å². The summed E-state index contributed by atoms with van der Waals surface area (Å²) in [4.78, 5) is 29.3. The van der Waals surface area contributed by atoms with Crippen LogP contribution in [-0.2, 0) is 0 Å². The van der Waals surface area contributed by atoms with Crippen LogP contribution in [-0.4, -0.2) is 21.2 Å². The van der Waals surface area contributed by atoms with E-state index in [1.165, 1.54) is 28.8 Å². The number of aromatic nitrogens is 2. The van der Waals surface area contributed by atoms with Crippen LogP contribution in [0, 0.1) is 11.2 Å². The van der Waals surface area contributed by atoms with Crippen LogP contribution in [0.15, 0.2) is 41.2 Å². The molecule has 6 nitrogen and oxygen atoms in total. The van der Waals surface area contributed by atoms with Gasteiger partial charge in [0.1, 0.15) is 11.7 Å². The minimum atomic E-state index is -0.554. The molecule has 3 N–H and O–H groups in total. The molecule has 0 bridgehead atoms. The van der Waals surface area contributed by atoms with E-state index in [9.17, 15) is 14.0 Å². The second-order valence-electron chi connectivity index (χ2n) is 5.21. The Hall–Kier alpha value is -3.35. The topological polar surface area (TPSA) is 102 Å². The Morgan fingerprint density at radius 2 is 1.96 bits per heavy atom. The van der Waals surface area contributed by atoms with E-state index in [-0.39, 0.29) is 22.6 Å². The maximum absolute atomic E-state index is 13.4. The largest absolute Gasteiger partial charge is 0.384 e. The van der Waals surface area contributed by atoms with Crippen molar-refractivity contribution >= 4 is 22.5 Å². The van der Waals surface area contributed by atoms with Crippen molar-refractivity contribution in [3.63, 3.8) is 0 Å². The highest BCUT2D eigenvalue weighted by atomic mass is 19.1. The van der Waals surface area contributed by atoms with Gasteiger partial charge in [0.25, 0.3) is 5.56 Å². The third-order valence-electron chi connectivity index (χ3n) is 3.83. The highest BCUT2D eigenvalue weighted by Gasteiger charge is 2.30. The lowest BCUT2D eigenvalue weighted by atomic mass is 10.1. The monoisotopic (exact) mass is 308 g/mol. The molecule has 1 aliphatic rings. The van der Waals surface area contributed by atoms with Crippen molar-refractivity contribution in [2.24, 2.45) is 5.73 Å². The Kier molecular flexibility index (Phi) is 2.51.